The van der Waals surface area contributed by atoms with Gasteiger partial charge in [0.05, 0.1) is 18.1 Å². The summed E-state index contributed by atoms with van der Waals surface area (Å²) in [7, 11) is 0. The summed E-state index contributed by atoms with van der Waals surface area (Å²) in [4.78, 5) is 16.8. The summed E-state index contributed by atoms with van der Waals surface area (Å²) in [5.41, 5.74) is 1.75. The van der Waals surface area contributed by atoms with Crippen LogP contribution in [0.15, 0.2) is 39.3 Å². The largest absolute Gasteiger partial charge is 0.469 e. The van der Waals surface area contributed by atoms with Gasteiger partial charge in [0.15, 0.2) is 0 Å². The molecule has 6 heteroatoms. The van der Waals surface area contributed by atoms with Gasteiger partial charge < -0.3 is 9.52 Å². The molecule has 0 saturated carbocycles. The smallest absolute Gasteiger partial charge is 0.271 e. The Morgan fingerprint density at radius 3 is 3.10 bits per heavy atom. The molecule has 0 spiro atoms. The van der Waals surface area contributed by atoms with Crippen molar-refractivity contribution in [1.29, 1.82) is 0 Å². The van der Waals surface area contributed by atoms with E-state index in [0.29, 0.717) is 17.7 Å². The number of thiophene rings is 1. The second-order valence-corrected chi connectivity index (χ2v) is 6.01. The molecule has 0 amide bonds. The van der Waals surface area contributed by atoms with Crippen molar-refractivity contribution in [2.24, 2.45) is 5.92 Å². The van der Waals surface area contributed by atoms with Crippen molar-refractivity contribution in [2.75, 3.05) is 6.61 Å². The van der Waals surface area contributed by atoms with Crippen molar-refractivity contribution >= 4 is 21.6 Å². The fourth-order valence-corrected chi connectivity index (χ4v) is 3.32. The van der Waals surface area contributed by atoms with Gasteiger partial charge in [-0.15, -0.1) is 11.3 Å². The summed E-state index contributed by atoms with van der Waals surface area (Å²) >= 11 is 1.42. The molecular formula is C15H16N2O3S. The molecule has 5 nitrogen and oxygen atoms in total. The van der Waals surface area contributed by atoms with E-state index >= 15 is 0 Å². The van der Waals surface area contributed by atoms with Crippen LogP contribution in [0.2, 0.25) is 0 Å². The van der Waals surface area contributed by atoms with Crippen LogP contribution < -0.4 is 5.56 Å². The average Bonchev–Trinajstić information content (AvgIpc) is 3.11. The maximum Gasteiger partial charge on any atom is 0.271 e. The number of fused-ring (bicyclic) bond motifs is 1. The van der Waals surface area contributed by atoms with Gasteiger partial charge in [-0.05, 0) is 30.0 Å². The molecule has 0 fully saturated rings. The van der Waals surface area contributed by atoms with Gasteiger partial charge in [-0.2, -0.15) is 0 Å². The first-order valence-electron chi connectivity index (χ1n) is 6.75. The average molecular weight is 304 g/mol. The lowest BCUT2D eigenvalue weighted by atomic mass is 10.1. The quantitative estimate of drug-likeness (QED) is 0.784. The van der Waals surface area contributed by atoms with Gasteiger partial charge in [-0.3, -0.25) is 9.36 Å². The molecule has 1 atom stereocenters. The third-order valence-corrected chi connectivity index (χ3v) is 4.58. The highest BCUT2D eigenvalue weighted by molar-refractivity contribution is 7.17. The Kier molecular flexibility index (Phi) is 3.90. The lowest BCUT2D eigenvalue weighted by Gasteiger charge is -2.14. The molecule has 0 aliphatic rings. The van der Waals surface area contributed by atoms with Crippen molar-refractivity contribution in [3.8, 4) is 0 Å². The Morgan fingerprint density at radius 1 is 1.52 bits per heavy atom. The van der Waals surface area contributed by atoms with Gasteiger partial charge in [0.1, 0.15) is 10.5 Å². The molecule has 0 unspecified atom stereocenters. The fourth-order valence-electron chi connectivity index (χ4n) is 2.37. The maximum absolute atomic E-state index is 12.4. The number of furan rings is 1. The van der Waals surface area contributed by atoms with Gasteiger partial charge in [0.2, 0.25) is 0 Å². The third-order valence-electron chi connectivity index (χ3n) is 3.51. The van der Waals surface area contributed by atoms with Crippen LogP contribution in [0.4, 0.5) is 0 Å². The molecule has 0 bridgehead atoms. The van der Waals surface area contributed by atoms with Gasteiger partial charge in [0.25, 0.3) is 5.56 Å². The summed E-state index contributed by atoms with van der Waals surface area (Å²) in [6.07, 6.45) is 3.77. The number of aliphatic hydroxyl groups is 1. The number of aryl methyl sites for hydroxylation is 1. The molecule has 0 radical (unpaired) electrons. The predicted octanol–water partition coefficient (Wildman–Crippen LogP) is 2.21. The number of rotatable bonds is 5. The maximum atomic E-state index is 12.4. The van der Waals surface area contributed by atoms with Crippen LogP contribution in [0.5, 0.6) is 0 Å². The van der Waals surface area contributed by atoms with E-state index in [1.54, 1.807) is 17.2 Å². The molecule has 0 aliphatic carbocycles. The SMILES string of the molecule is Cc1csc2c(=O)n(C[C@@H](CO)Cc3ccco3)cnc12. The molecule has 3 rings (SSSR count). The van der Waals surface area contributed by atoms with E-state index in [-0.39, 0.29) is 18.1 Å². The molecule has 3 aromatic rings. The first-order chi connectivity index (χ1) is 10.2. The minimum Gasteiger partial charge on any atom is -0.469 e. The van der Waals surface area contributed by atoms with Crippen LogP contribution in [-0.2, 0) is 13.0 Å². The molecule has 1 N–H and O–H groups in total. The summed E-state index contributed by atoms with van der Waals surface area (Å²) < 4.78 is 7.54. The summed E-state index contributed by atoms with van der Waals surface area (Å²) in [5, 5.41) is 11.5. The highest BCUT2D eigenvalue weighted by atomic mass is 32.1. The molecule has 0 saturated heterocycles. The molecule has 3 aromatic heterocycles. The van der Waals surface area contributed by atoms with Gasteiger partial charge >= 0.3 is 0 Å². The van der Waals surface area contributed by atoms with E-state index in [0.717, 1.165) is 16.8 Å². The molecule has 0 aliphatic heterocycles. The lowest BCUT2D eigenvalue weighted by Crippen LogP contribution is -2.26. The van der Waals surface area contributed by atoms with Crippen LogP contribution in [-0.4, -0.2) is 21.3 Å². The molecule has 110 valence electrons. The van der Waals surface area contributed by atoms with E-state index in [2.05, 4.69) is 4.98 Å². The normalized spacial score (nSPS) is 12.9. The number of hydrogen-bond donors (Lipinski definition) is 1. The highest BCUT2D eigenvalue weighted by Gasteiger charge is 2.14. The Bertz CT molecular complexity index is 789. The predicted molar refractivity (Wildman–Crippen MR) is 81.6 cm³/mol. The first kappa shape index (κ1) is 14.0. The summed E-state index contributed by atoms with van der Waals surface area (Å²) in [6.45, 7) is 2.37. The van der Waals surface area contributed by atoms with E-state index in [1.807, 2.05) is 24.4 Å². The zero-order chi connectivity index (χ0) is 14.8. The Balaban J connectivity index is 1.86. The number of nitrogens with zero attached hydrogens (tertiary/aromatic N) is 2. The number of aromatic nitrogens is 2. The monoisotopic (exact) mass is 304 g/mol. The van der Waals surface area contributed by atoms with Gasteiger partial charge in [-0.25, -0.2) is 4.98 Å². The summed E-state index contributed by atoms with van der Waals surface area (Å²) in [5.74, 6) is 0.734. The molecule has 3 heterocycles. The summed E-state index contributed by atoms with van der Waals surface area (Å²) in [6, 6.07) is 3.69. The zero-order valence-electron chi connectivity index (χ0n) is 11.7. The second-order valence-electron chi connectivity index (χ2n) is 5.13. The third kappa shape index (κ3) is 2.77. The zero-order valence-corrected chi connectivity index (χ0v) is 12.5. The van der Waals surface area contributed by atoms with Gasteiger partial charge in [-0.1, -0.05) is 0 Å². The van der Waals surface area contributed by atoms with Crippen LogP contribution in [0.3, 0.4) is 0 Å². The van der Waals surface area contributed by atoms with Crippen molar-refractivity contribution in [2.45, 2.75) is 19.9 Å². The van der Waals surface area contributed by atoms with Crippen molar-refractivity contribution in [3.63, 3.8) is 0 Å². The van der Waals surface area contributed by atoms with Gasteiger partial charge in [0, 0.05) is 25.5 Å². The van der Waals surface area contributed by atoms with E-state index in [1.165, 1.54) is 11.3 Å². The fraction of sp³-hybridized carbons (Fsp3) is 0.333. The van der Waals surface area contributed by atoms with Crippen molar-refractivity contribution < 1.29 is 9.52 Å². The van der Waals surface area contributed by atoms with Crippen molar-refractivity contribution in [3.05, 3.63) is 51.8 Å². The topological polar surface area (TPSA) is 68.3 Å². The minimum absolute atomic E-state index is 0.00531. The van der Waals surface area contributed by atoms with Crippen LogP contribution >= 0.6 is 11.3 Å². The standard InChI is InChI=1S/C15H16N2O3S/c1-10-8-21-14-13(10)16-9-17(15(14)19)6-11(7-18)5-12-3-2-4-20-12/h2-4,8-9,11,18H,5-7H2,1H3/t11-/m0/s1. The number of aliphatic hydroxyl groups excluding tert-OH is 1. The van der Waals surface area contributed by atoms with Crippen LogP contribution in [0.25, 0.3) is 10.2 Å². The highest BCUT2D eigenvalue weighted by Crippen LogP contribution is 2.19. The first-order valence-corrected chi connectivity index (χ1v) is 7.63. The Morgan fingerprint density at radius 2 is 2.38 bits per heavy atom. The second kappa shape index (κ2) is 5.83. The van der Waals surface area contributed by atoms with E-state index in [9.17, 15) is 9.90 Å². The lowest BCUT2D eigenvalue weighted by molar-refractivity contribution is 0.203. The Hall–Kier alpha value is -1.92. The molecule has 0 aromatic carbocycles. The molecule has 21 heavy (non-hydrogen) atoms. The molecular weight excluding hydrogens is 288 g/mol. The van der Waals surface area contributed by atoms with Crippen LogP contribution in [0, 0.1) is 12.8 Å². The van der Waals surface area contributed by atoms with Crippen molar-refractivity contribution in [1.82, 2.24) is 9.55 Å². The van der Waals surface area contributed by atoms with E-state index in [4.69, 9.17) is 4.42 Å². The minimum atomic E-state index is -0.0749. The van der Waals surface area contributed by atoms with Crippen LogP contribution in [0.1, 0.15) is 11.3 Å². The number of hydrogen-bond acceptors (Lipinski definition) is 5. The Labute approximate surface area is 125 Å². The van der Waals surface area contributed by atoms with E-state index < -0.39 is 0 Å².